The largest absolute Gasteiger partial charge is 0.497 e. The molecule has 0 saturated heterocycles. The fraction of sp³-hybridized carbons (Fsp3) is 0.200. The Morgan fingerprint density at radius 1 is 0.947 bits per heavy atom. The Bertz CT molecular complexity index is 582. The van der Waals surface area contributed by atoms with Gasteiger partial charge in [-0.05, 0) is 36.4 Å². The van der Waals surface area contributed by atoms with Crippen LogP contribution >= 0.6 is 0 Å². The molecule has 0 fully saturated rings. The minimum absolute atomic E-state index is 0.707. The van der Waals surface area contributed by atoms with E-state index in [9.17, 15) is 0 Å². The quantitative estimate of drug-likeness (QED) is 0.828. The minimum atomic E-state index is 0.707. The molecule has 0 aliphatic carbocycles. The van der Waals surface area contributed by atoms with E-state index in [2.05, 4.69) is 5.32 Å². The van der Waals surface area contributed by atoms with Gasteiger partial charge in [0.15, 0.2) is 0 Å². The highest BCUT2D eigenvalue weighted by atomic mass is 16.5. The third-order valence-corrected chi connectivity index (χ3v) is 3.01. The van der Waals surface area contributed by atoms with Crippen LogP contribution in [-0.2, 0) is 0 Å². The summed E-state index contributed by atoms with van der Waals surface area (Å²) in [6.07, 6.45) is 0. The number of hydrogen-bond donors (Lipinski definition) is 2. The summed E-state index contributed by atoms with van der Waals surface area (Å²) in [5, 5.41) is 3.16. The summed E-state index contributed by atoms with van der Waals surface area (Å²) < 4.78 is 10.7. The second kappa shape index (κ2) is 5.52. The van der Waals surface area contributed by atoms with E-state index < -0.39 is 0 Å². The van der Waals surface area contributed by atoms with Gasteiger partial charge in [0.25, 0.3) is 0 Å². The van der Waals surface area contributed by atoms with Gasteiger partial charge in [0, 0.05) is 29.5 Å². The topological polar surface area (TPSA) is 56.5 Å². The van der Waals surface area contributed by atoms with Crippen LogP contribution in [0.2, 0.25) is 0 Å². The molecule has 3 N–H and O–H groups in total. The number of nitrogens with one attached hydrogen (secondary N) is 1. The van der Waals surface area contributed by atoms with Crippen LogP contribution in [0.15, 0.2) is 36.4 Å². The molecule has 0 saturated carbocycles. The van der Waals surface area contributed by atoms with E-state index in [1.54, 1.807) is 14.2 Å². The number of methoxy groups -OCH3 is 2. The van der Waals surface area contributed by atoms with Crippen LogP contribution < -0.4 is 20.5 Å². The van der Waals surface area contributed by atoms with E-state index in [1.807, 2.05) is 43.4 Å². The molecule has 0 atom stereocenters. The second-order valence-corrected chi connectivity index (χ2v) is 4.12. The van der Waals surface area contributed by atoms with Gasteiger partial charge in [-0.1, -0.05) is 0 Å². The molecular weight excluding hydrogens is 240 g/mol. The van der Waals surface area contributed by atoms with Crippen molar-refractivity contribution >= 4 is 11.4 Å². The van der Waals surface area contributed by atoms with Gasteiger partial charge in [0.2, 0.25) is 0 Å². The average molecular weight is 258 g/mol. The fourth-order valence-corrected chi connectivity index (χ4v) is 2.03. The van der Waals surface area contributed by atoms with Gasteiger partial charge in [0.05, 0.1) is 14.2 Å². The zero-order valence-electron chi connectivity index (χ0n) is 11.4. The first-order valence-electron chi connectivity index (χ1n) is 5.99. The lowest BCUT2D eigenvalue weighted by Gasteiger charge is -2.14. The fourth-order valence-electron chi connectivity index (χ4n) is 2.03. The summed E-state index contributed by atoms with van der Waals surface area (Å²) >= 11 is 0. The zero-order valence-corrected chi connectivity index (χ0v) is 11.4. The van der Waals surface area contributed by atoms with Gasteiger partial charge in [-0.15, -0.1) is 0 Å². The summed E-state index contributed by atoms with van der Waals surface area (Å²) in [4.78, 5) is 0. The molecule has 0 aromatic heterocycles. The maximum absolute atomic E-state index is 5.88. The van der Waals surface area contributed by atoms with Crippen molar-refractivity contribution in [2.75, 3.05) is 32.3 Å². The van der Waals surface area contributed by atoms with Crippen molar-refractivity contribution in [3.8, 4) is 22.6 Å². The number of ether oxygens (including phenoxy) is 2. The summed E-state index contributed by atoms with van der Waals surface area (Å²) in [6.45, 7) is 0. The Kier molecular flexibility index (Phi) is 3.80. The van der Waals surface area contributed by atoms with Gasteiger partial charge in [-0.2, -0.15) is 0 Å². The molecule has 0 bridgehead atoms. The highest BCUT2D eigenvalue weighted by Crippen LogP contribution is 2.38. The number of rotatable bonds is 4. The third kappa shape index (κ3) is 2.57. The molecule has 0 radical (unpaired) electrons. The summed E-state index contributed by atoms with van der Waals surface area (Å²) in [5.74, 6) is 1.56. The lowest BCUT2D eigenvalue weighted by atomic mass is 10.0. The lowest BCUT2D eigenvalue weighted by molar-refractivity contribution is 0.404. The minimum Gasteiger partial charge on any atom is -0.497 e. The molecule has 2 aromatic carbocycles. The monoisotopic (exact) mass is 258 g/mol. The molecule has 0 aliphatic heterocycles. The van der Waals surface area contributed by atoms with Crippen LogP contribution in [0.5, 0.6) is 11.5 Å². The highest BCUT2D eigenvalue weighted by Gasteiger charge is 2.11. The third-order valence-electron chi connectivity index (χ3n) is 3.01. The number of nitrogen functional groups attached to an aromatic ring is 1. The molecule has 100 valence electrons. The summed E-state index contributed by atoms with van der Waals surface area (Å²) in [7, 11) is 5.17. The van der Waals surface area contributed by atoms with Crippen LogP contribution in [-0.4, -0.2) is 21.3 Å². The van der Waals surface area contributed by atoms with E-state index in [0.717, 1.165) is 28.3 Å². The van der Waals surface area contributed by atoms with E-state index >= 15 is 0 Å². The van der Waals surface area contributed by atoms with Crippen molar-refractivity contribution in [3.63, 3.8) is 0 Å². The zero-order chi connectivity index (χ0) is 13.8. The van der Waals surface area contributed by atoms with Crippen molar-refractivity contribution in [2.45, 2.75) is 0 Å². The molecule has 4 heteroatoms. The standard InChI is InChI=1S/C15H18N2O2/c1-17-14-6-4-10(16)8-12(14)13-9-11(18-2)5-7-15(13)19-3/h4-9,17H,16H2,1-3H3. The molecular formula is C15H18N2O2. The molecule has 4 nitrogen and oxygen atoms in total. The maximum atomic E-state index is 5.88. The smallest absolute Gasteiger partial charge is 0.127 e. The number of nitrogens with two attached hydrogens (primary N) is 1. The van der Waals surface area contributed by atoms with Crippen LogP contribution in [0.3, 0.4) is 0 Å². The predicted molar refractivity (Wildman–Crippen MR) is 78.9 cm³/mol. The molecule has 0 spiro atoms. The van der Waals surface area contributed by atoms with Crippen LogP contribution in [0.4, 0.5) is 11.4 Å². The van der Waals surface area contributed by atoms with Crippen LogP contribution in [0.1, 0.15) is 0 Å². The van der Waals surface area contributed by atoms with Gasteiger partial charge in [0.1, 0.15) is 11.5 Å². The van der Waals surface area contributed by atoms with Gasteiger partial charge >= 0.3 is 0 Å². The van der Waals surface area contributed by atoms with E-state index in [-0.39, 0.29) is 0 Å². The van der Waals surface area contributed by atoms with Crippen molar-refractivity contribution in [1.29, 1.82) is 0 Å². The maximum Gasteiger partial charge on any atom is 0.127 e. The highest BCUT2D eigenvalue weighted by molar-refractivity contribution is 5.84. The molecule has 19 heavy (non-hydrogen) atoms. The first-order valence-corrected chi connectivity index (χ1v) is 5.99. The van der Waals surface area contributed by atoms with Crippen LogP contribution in [0.25, 0.3) is 11.1 Å². The average Bonchev–Trinajstić information content (AvgIpc) is 2.46. The van der Waals surface area contributed by atoms with Gasteiger partial charge in [-0.25, -0.2) is 0 Å². The summed E-state index contributed by atoms with van der Waals surface area (Å²) in [5.41, 5.74) is 9.50. The molecule has 2 aromatic rings. The van der Waals surface area contributed by atoms with Crippen LogP contribution in [0, 0.1) is 0 Å². The van der Waals surface area contributed by atoms with Crippen molar-refractivity contribution in [1.82, 2.24) is 0 Å². The molecule has 0 unspecified atom stereocenters. The first kappa shape index (κ1) is 13.1. The van der Waals surface area contributed by atoms with Crippen molar-refractivity contribution in [2.24, 2.45) is 0 Å². The first-order chi connectivity index (χ1) is 9.19. The Morgan fingerprint density at radius 2 is 1.74 bits per heavy atom. The Morgan fingerprint density at radius 3 is 2.37 bits per heavy atom. The lowest BCUT2D eigenvalue weighted by Crippen LogP contribution is -1.96. The van der Waals surface area contributed by atoms with Gasteiger partial charge in [-0.3, -0.25) is 0 Å². The second-order valence-electron chi connectivity index (χ2n) is 4.12. The molecule has 0 heterocycles. The van der Waals surface area contributed by atoms with Crippen molar-refractivity contribution < 1.29 is 9.47 Å². The Hall–Kier alpha value is -2.36. The summed E-state index contributed by atoms with van der Waals surface area (Å²) in [6, 6.07) is 11.4. The van der Waals surface area contributed by atoms with Crippen molar-refractivity contribution in [3.05, 3.63) is 36.4 Å². The van der Waals surface area contributed by atoms with Gasteiger partial charge < -0.3 is 20.5 Å². The molecule has 0 amide bonds. The number of benzene rings is 2. The number of anilines is 2. The van der Waals surface area contributed by atoms with E-state index in [1.165, 1.54) is 0 Å². The van der Waals surface area contributed by atoms with E-state index in [0.29, 0.717) is 5.69 Å². The molecule has 0 aliphatic rings. The Balaban J connectivity index is 2.65. The Labute approximate surface area is 113 Å². The molecule has 2 rings (SSSR count). The van der Waals surface area contributed by atoms with E-state index in [4.69, 9.17) is 15.2 Å². The number of hydrogen-bond acceptors (Lipinski definition) is 4. The SMILES string of the molecule is CNc1ccc(N)cc1-c1cc(OC)ccc1OC. The normalized spacial score (nSPS) is 10.1. The predicted octanol–water partition coefficient (Wildman–Crippen LogP) is 2.99.